The van der Waals surface area contributed by atoms with E-state index in [1.807, 2.05) is 24.3 Å². The van der Waals surface area contributed by atoms with E-state index in [2.05, 4.69) is 89.7 Å². The van der Waals surface area contributed by atoms with E-state index in [-0.39, 0.29) is 0 Å². The van der Waals surface area contributed by atoms with E-state index >= 15 is 0 Å². The summed E-state index contributed by atoms with van der Waals surface area (Å²) in [6, 6.07) is 33.6. The molecule has 6 heterocycles. The molecule has 4 aromatic heterocycles. The maximum Gasteiger partial charge on any atom is 0.527 e. The number of fused-ring (bicyclic) bond motifs is 18. The summed E-state index contributed by atoms with van der Waals surface area (Å²) in [5.41, 5.74) is 8.22. The summed E-state index contributed by atoms with van der Waals surface area (Å²) < 4.78 is 9.83. The second-order valence-corrected chi connectivity index (χ2v) is 12.6. The SMILES string of the molecule is c1ccc2c(c1)nc1n2[Si]2(n3c-1nc1ccccc13)n1c(nc3ccccc31)-c1nc3ccccc3n12. The molecule has 8 nitrogen and oxygen atoms in total. The summed E-state index contributed by atoms with van der Waals surface area (Å²) in [5.74, 6) is 3.55. The molecule has 0 atom stereocenters. The lowest BCUT2D eigenvalue weighted by molar-refractivity contribution is 0.955. The lowest BCUT2D eigenvalue weighted by Crippen LogP contribution is -2.59. The molecule has 172 valence electrons. The number of benzene rings is 4. The van der Waals surface area contributed by atoms with Crippen LogP contribution in [0.2, 0.25) is 0 Å². The van der Waals surface area contributed by atoms with Crippen LogP contribution in [0.4, 0.5) is 0 Å². The highest BCUT2D eigenvalue weighted by Crippen LogP contribution is 2.48. The van der Waals surface area contributed by atoms with Crippen LogP contribution in [-0.4, -0.2) is 45.6 Å². The Hall–Kier alpha value is -5.02. The Balaban J connectivity index is 1.56. The predicted octanol–water partition coefficient (Wildman–Crippen LogP) is 4.97. The van der Waals surface area contributed by atoms with Crippen molar-refractivity contribution < 1.29 is 0 Å². The number of rotatable bonds is 0. The van der Waals surface area contributed by atoms with E-state index in [1.54, 1.807) is 0 Å². The molecule has 0 N–H and O–H groups in total. The molecule has 0 radical (unpaired) electrons. The molecule has 9 heteroatoms. The average Bonchev–Trinajstić information content (AvgIpc) is 3.74. The number of hydrogen-bond acceptors (Lipinski definition) is 4. The summed E-state index contributed by atoms with van der Waals surface area (Å²) in [4.78, 5) is 20.7. The van der Waals surface area contributed by atoms with E-state index in [0.717, 1.165) is 67.4 Å². The summed E-state index contributed by atoms with van der Waals surface area (Å²) in [5, 5.41) is 0. The van der Waals surface area contributed by atoms with Gasteiger partial charge in [-0.15, -0.1) is 0 Å². The van der Waals surface area contributed by atoms with Crippen molar-refractivity contribution in [1.29, 1.82) is 0 Å². The number of aromatic nitrogens is 8. The topological polar surface area (TPSA) is 71.3 Å². The predicted molar refractivity (Wildman–Crippen MR) is 144 cm³/mol. The van der Waals surface area contributed by atoms with Gasteiger partial charge in [0.05, 0.1) is 44.1 Å². The van der Waals surface area contributed by atoms with Gasteiger partial charge >= 0.3 is 8.72 Å². The Morgan fingerprint density at radius 3 is 0.865 bits per heavy atom. The van der Waals surface area contributed by atoms with Gasteiger partial charge in [0.2, 0.25) is 0 Å². The smallest absolute Gasteiger partial charge is 0.295 e. The van der Waals surface area contributed by atoms with Crippen molar-refractivity contribution in [2.45, 2.75) is 0 Å². The van der Waals surface area contributed by atoms with Crippen molar-refractivity contribution in [3.8, 4) is 23.3 Å². The Labute approximate surface area is 210 Å². The molecule has 4 aromatic carbocycles. The Morgan fingerprint density at radius 2 is 0.595 bits per heavy atom. The number of hydrogen-bond donors (Lipinski definition) is 0. The molecule has 8 aromatic rings. The lowest BCUT2D eigenvalue weighted by Gasteiger charge is -2.30. The molecule has 2 aliphatic heterocycles. The third-order valence-corrected chi connectivity index (χ3v) is 12.1. The summed E-state index contributed by atoms with van der Waals surface area (Å²) in [6.45, 7) is 0. The molecule has 0 saturated carbocycles. The molecule has 0 bridgehead atoms. The summed E-state index contributed by atoms with van der Waals surface area (Å²) >= 11 is 0. The van der Waals surface area contributed by atoms with Crippen LogP contribution in [0.3, 0.4) is 0 Å². The van der Waals surface area contributed by atoms with Crippen LogP contribution in [0.1, 0.15) is 0 Å². The molecular weight excluding hydrogens is 476 g/mol. The summed E-state index contributed by atoms with van der Waals surface area (Å²) in [6.07, 6.45) is 0. The fraction of sp³-hybridized carbons (Fsp3) is 0. The first-order valence-corrected chi connectivity index (χ1v) is 14.1. The number of para-hydroxylation sites is 8. The highest BCUT2D eigenvalue weighted by atomic mass is 28.4. The maximum absolute atomic E-state index is 5.17. The van der Waals surface area contributed by atoms with Gasteiger partial charge in [-0.1, -0.05) is 48.5 Å². The molecule has 0 fully saturated rings. The molecule has 0 amide bonds. The van der Waals surface area contributed by atoms with Crippen LogP contribution in [-0.2, 0) is 0 Å². The van der Waals surface area contributed by atoms with E-state index in [1.165, 1.54) is 0 Å². The van der Waals surface area contributed by atoms with Crippen molar-refractivity contribution >= 4 is 52.9 Å². The Kier molecular flexibility index (Phi) is 2.89. The van der Waals surface area contributed by atoms with E-state index in [0.29, 0.717) is 0 Å². The molecule has 0 unspecified atom stereocenters. The third-order valence-electron chi connectivity index (χ3n) is 7.84. The highest BCUT2D eigenvalue weighted by molar-refractivity contribution is 6.80. The average molecular weight is 493 g/mol. The zero-order chi connectivity index (χ0) is 23.9. The van der Waals surface area contributed by atoms with Gasteiger partial charge < -0.3 is 0 Å². The first-order chi connectivity index (χ1) is 18.4. The zero-order valence-corrected chi connectivity index (χ0v) is 20.3. The van der Waals surface area contributed by atoms with Gasteiger partial charge in [-0.05, 0) is 48.5 Å². The molecule has 37 heavy (non-hydrogen) atoms. The van der Waals surface area contributed by atoms with Gasteiger partial charge in [-0.3, -0.25) is 16.9 Å². The minimum atomic E-state index is -3.18. The van der Waals surface area contributed by atoms with Gasteiger partial charge in [-0.25, -0.2) is 19.9 Å². The first kappa shape index (κ1) is 18.3. The summed E-state index contributed by atoms with van der Waals surface area (Å²) in [7, 11) is -3.18. The second-order valence-electron chi connectivity index (χ2n) is 9.64. The normalized spacial score (nSPS) is 14.7. The monoisotopic (exact) mass is 492 g/mol. The lowest BCUT2D eigenvalue weighted by atomic mass is 10.3. The van der Waals surface area contributed by atoms with Gasteiger partial charge in [-0.2, -0.15) is 0 Å². The Morgan fingerprint density at radius 1 is 0.351 bits per heavy atom. The fourth-order valence-electron chi connectivity index (χ4n) is 6.52. The quantitative estimate of drug-likeness (QED) is 0.280. The fourth-order valence-corrected chi connectivity index (χ4v) is 11.5. The van der Waals surface area contributed by atoms with Crippen LogP contribution in [0, 0.1) is 0 Å². The van der Waals surface area contributed by atoms with E-state index in [4.69, 9.17) is 19.9 Å². The standard InChI is InChI=1S/C28H16N8Si/c1-5-13-21-17(9-1)29-25-26-30-18-10-2-6-14-22(18)34(26)37(33(21)25)35-23-15-7-3-11-19(23)31-27(35)28-32-20-12-4-8-16-24(20)36(28)37/h1-16H. The maximum atomic E-state index is 5.17. The van der Waals surface area contributed by atoms with Crippen LogP contribution in [0.5, 0.6) is 0 Å². The minimum absolute atomic E-state index is 0.887. The van der Waals surface area contributed by atoms with Gasteiger partial charge in [0.15, 0.2) is 23.3 Å². The Bertz CT molecular complexity index is 1960. The minimum Gasteiger partial charge on any atom is -0.295 e. The zero-order valence-electron chi connectivity index (χ0n) is 19.3. The van der Waals surface area contributed by atoms with Crippen LogP contribution in [0.15, 0.2) is 97.1 Å². The molecule has 2 aliphatic rings. The van der Waals surface area contributed by atoms with Crippen LogP contribution in [0.25, 0.3) is 67.4 Å². The van der Waals surface area contributed by atoms with E-state index in [9.17, 15) is 0 Å². The second kappa shape index (κ2) is 5.85. The van der Waals surface area contributed by atoms with Gasteiger partial charge in [0, 0.05) is 0 Å². The molecule has 1 spiro atoms. The van der Waals surface area contributed by atoms with Gasteiger partial charge in [0.1, 0.15) is 0 Å². The van der Waals surface area contributed by atoms with E-state index < -0.39 is 8.72 Å². The van der Waals surface area contributed by atoms with Crippen molar-refractivity contribution in [2.75, 3.05) is 0 Å². The van der Waals surface area contributed by atoms with Crippen molar-refractivity contribution in [3.05, 3.63) is 97.1 Å². The molecule has 0 aliphatic carbocycles. The number of imidazole rings is 4. The molecular formula is C28H16N8Si. The molecule has 0 saturated heterocycles. The van der Waals surface area contributed by atoms with Crippen molar-refractivity contribution in [3.63, 3.8) is 0 Å². The first-order valence-electron chi connectivity index (χ1n) is 12.3. The molecule has 10 rings (SSSR count). The highest BCUT2D eigenvalue weighted by Gasteiger charge is 2.62. The van der Waals surface area contributed by atoms with Crippen molar-refractivity contribution in [2.24, 2.45) is 0 Å². The van der Waals surface area contributed by atoms with Gasteiger partial charge in [0.25, 0.3) is 0 Å². The van der Waals surface area contributed by atoms with Crippen LogP contribution < -0.4 is 0 Å². The van der Waals surface area contributed by atoms with Crippen LogP contribution >= 0.6 is 0 Å². The largest absolute Gasteiger partial charge is 0.527 e. The third kappa shape index (κ3) is 1.84. The van der Waals surface area contributed by atoms with Crippen molar-refractivity contribution in [1.82, 2.24) is 36.9 Å². The number of nitrogens with zero attached hydrogens (tertiary/aromatic N) is 8.